The van der Waals surface area contributed by atoms with Crippen molar-refractivity contribution in [1.29, 1.82) is 0 Å². The Bertz CT molecular complexity index is 1170. The number of likely N-dealkylation sites (tertiary alicyclic amines) is 1. The molecule has 2 fully saturated rings. The third-order valence-corrected chi connectivity index (χ3v) is 7.23. The van der Waals surface area contributed by atoms with Crippen LogP contribution in [0.1, 0.15) is 48.3 Å². The molecule has 1 N–H and O–H groups in total. The molecule has 2 heterocycles. The molecule has 0 unspecified atom stereocenters. The Morgan fingerprint density at radius 2 is 1.94 bits per heavy atom. The van der Waals surface area contributed by atoms with Gasteiger partial charge < -0.3 is 14.8 Å². The number of hydrogen-bond acceptors (Lipinski definition) is 3. The van der Waals surface area contributed by atoms with E-state index in [2.05, 4.69) is 10.3 Å². The maximum atomic E-state index is 13.5. The van der Waals surface area contributed by atoms with E-state index in [1.165, 1.54) is 0 Å². The van der Waals surface area contributed by atoms with Crippen molar-refractivity contribution in [2.45, 2.75) is 50.7 Å². The maximum absolute atomic E-state index is 13.5. The summed E-state index contributed by atoms with van der Waals surface area (Å²) in [4.78, 5) is 33.3. The standard InChI is InChI=1S/C25H27ClN4O2/c1-29-21-12-5-3-10-19(21)28-23(29)15-27-24(31)22-14-16-7-2-4-11-20(16)30(22)25(32)17-8-6-9-18(26)13-17/h3,5-6,8-10,12-13,16,20,22H,2,4,7,11,14-15H2,1H3,(H,27,31)/t16-,20-,22+/m1/s1. The Hall–Kier alpha value is -2.86. The van der Waals surface area contributed by atoms with E-state index in [9.17, 15) is 9.59 Å². The molecule has 0 radical (unpaired) electrons. The number of carbonyl (C=O) groups excluding carboxylic acids is 2. The molecule has 2 aliphatic rings. The molecule has 1 aromatic heterocycles. The van der Waals surface area contributed by atoms with Crippen LogP contribution in [0.25, 0.3) is 11.0 Å². The molecule has 2 aromatic carbocycles. The Labute approximate surface area is 192 Å². The van der Waals surface area contributed by atoms with Crippen molar-refractivity contribution in [3.05, 3.63) is 64.9 Å². The van der Waals surface area contributed by atoms with Gasteiger partial charge in [-0.1, -0.05) is 42.6 Å². The van der Waals surface area contributed by atoms with E-state index in [1.54, 1.807) is 24.3 Å². The summed E-state index contributed by atoms with van der Waals surface area (Å²) in [6.07, 6.45) is 4.98. The number of rotatable bonds is 4. The van der Waals surface area contributed by atoms with Crippen LogP contribution >= 0.6 is 11.6 Å². The number of aryl methyl sites for hydroxylation is 1. The number of para-hydroxylation sites is 2. The average Bonchev–Trinajstić information content (AvgIpc) is 3.35. The van der Waals surface area contributed by atoms with Gasteiger partial charge in [0, 0.05) is 23.7 Å². The highest BCUT2D eigenvalue weighted by Crippen LogP contribution is 2.40. The van der Waals surface area contributed by atoms with Crippen molar-refractivity contribution >= 4 is 34.4 Å². The third-order valence-electron chi connectivity index (χ3n) is 7.00. The second kappa shape index (κ2) is 8.58. The predicted octanol–water partition coefficient (Wildman–Crippen LogP) is 4.32. The zero-order valence-corrected chi connectivity index (χ0v) is 18.9. The number of aromatic nitrogens is 2. The number of hydrogen-bond donors (Lipinski definition) is 1. The number of nitrogens with one attached hydrogen (secondary N) is 1. The van der Waals surface area contributed by atoms with E-state index in [4.69, 9.17) is 11.6 Å². The monoisotopic (exact) mass is 450 g/mol. The highest BCUT2D eigenvalue weighted by Gasteiger charge is 2.47. The van der Waals surface area contributed by atoms with Gasteiger partial charge in [-0.3, -0.25) is 9.59 Å². The van der Waals surface area contributed by atoms with Crippen LogP contribution in [0.2, 0.25) is 5.02 Å². The predicted molar refractivity (Wildman–Crippen MR) is 124 cm³/mol. The number of imidazole rings is 1. The molecule has 0 spiro atoms. The molecular weight excluding hydrogens is 424 g/mol. The first-order chi connectivity index (χ1) is 15.5. The summed E-state index contributed by atoms with van der Waals surface area (Å²) in [5.74, 6) is 0.952. The van der Waals surface area contributed by atoms with Crippen molar-refractivity contribution in [2.24, 2.45) is 13.0 Å². The quantitative estimate of drug-likeness (QED) is 0.643. The van der Waals surface area contributed by atoms with Crippen molar-refractivity contribution < 1.29 is 9.59 Å². The minimum atomic E-state index is -0.468. The van der Waals surface area contributed by atoms with Gasteiger partial charge in [-0.05, 0) is 55.5 Å². The number of benzene rings is 2. The smallest absolute Gasteiger partial charge is 0.254 e. The van der Waals surface area contributed by atoms with E-state index < -0.39 is 6.04 Å². The Morgan fingerprint density at radius 3 is 2.75 bits per heavy atom. The molecule has 166 valence electrons. The molecule has 5 rings (SSSR count). The van der Waals surface area contributed by atoms with Gasteiger partial charge in [-0.15, -0.1) is 0 Å². The van der Waals surface area contributed by atoms with Crippen LogP contribution in [-0.4, -0.2) is 38.3 Å². The van der Waals surface area contributed by atoms with Gasteiger partial charge in [-0.2, -0.15) is 0 Å². The molecule has 1 saturated heterocycles. The van der Waals surface area contributed by atoms with E-state index in [-0.39, 0.29) is 17.9 Å². The first kappa shape index (κ1) is 21.0. The topological polar surface area (TPSA) is 67.2 Å². The number of nitrogens with zero attached hydrogens (tertiary/aromatic N) is 3. The summed E-state index contributed by atoms with van der Waals surface area (Å²) in [7, 11) is 1.95. The van der Waals surface area contributed by atoms with Gasteiger partial charge in [0.05, 0.1) is 17.6 Å². The van der Waals surface area contributed by atoms with Crippen LogP contribution < -0.4 is 5.32 Å². The summed E-state index contributed by atoms with van der Waals surface area (Å²) in [5, 5.41) is 3.58. The fourth-order valence-corrected chi connectivity index (χ4v) is 5.58. The summed E-state index contributed by atoms with van der Waals surface area (Å²) in [6, 6.07) is 14.6. The van der Waals surface area contributed by atoms with E-state index in [0.717, 1.165) is 42.5 Å². The summed E-state index contributed by atoms with van der Waals surface area (Å²) < 4.78 is 2.00. The van der Waals surface area contributed by atoms with Crippen molar-refractivity contribution in [3.63, 3.8) is 0 Å². The zero-order valence-electron chi connectivity index (χ0n) is 18.1. The summed E-state index contributed by atoms with van der Waals surface area (Å²) >= 11 is 6.14. The lowest BCUT2D eigenvalue weighted by molar-refractivity contribution is -0.125. The van der Waals surface area contributed by atoms with Crippen LogP contribution in [-0.2, 0) is 18.4 Å². The molecule has 3 aromatic rings. The maximum Gasteiger partial charge on any atom is 0.254 e. The van der Waals surface area contributed by atoms with E-state index >= 15 is 0 Å². The van der Waals surface area contributed by atoms with Gasteiger partial charge in [0.15, 0.2) is 0 Å². The molecule has 1 aliphatic heterocycles. The van der Waals surface area contributed by atoms with Crippen LogP contribution in [0.15, 0.2) is 48.5 Å². The Kier molecular flexibility index (Phi) is 5.64. The van der Waals surface area contributed by atoms with Crippen LogP contribution in [0, 0.1) is 5.92 Å². The Morgan fingerprint density at radius 1 is 1.12 bits per heavy atom. The lowest BCUT2D eigenvalue weighted by atomic mass is 9.84. The summed E-state index contributed by atoms with van der Waals surface area (Å²) in [6.45, 7) is 0.328. The molecule has 3 atom stereocenters. The summed E-state index contributed by atoms with van der Waals surface area (Å²) in [5.41, 5.74) is 2.47. The highest BCUT2D eigenvalue weighted by atomic mass is 35.5. The van der Waals surface area contributed by atoms with Crippen LogP contribution in [0.5, 0.6) is 0 Å². The number of amides is 2. The minimum absolute atomic E-state index is 0.107. The first-order valence-corrected chi connectivity index (χ1v) is 11.7. The van der Waals surface area contributed by atoms with Gasteiger partial charge in [0.25, 0.3) is 5.91 Å². The van der Waals surface area contributed by atoms with Crippen LogP contribution in [0.3, 0.4) is 0 Å². The van der Waals surface area contributed by atoms with E-state index in [1.807, 2.05) is 40.8 Å². The normalized spacial score (nSPS) is 22.7. The molecule has 32 heavy (non-hydrogen) atoms. The van der Waals surface area contributed by atoms with Crippen molar-refractivity contribution in [1.82, 2.24) is 19.8 Å². The number of halogens is 1. The third kappa shape index (κ3) is 3.77. The molecular formula is C25H27ClN4O2. The van der Waals surface area contributed by atoms with Crippen molar-refractivity contribution in [2.75, 3.05) is 0 Å². The highest BCUT2D eigenvalue weighted by molar-refractivity contribution is 6.31. The SMILES string of the molecule is Cn1c(CNC(=O)[C@@H]2C[C@H]3CCCC[C@H]3N2C(=O)c2cccc(Cl)c2)nc2ccccc21. The number of carbonyl (C=O) groups is 2. The first-order valence-electron chi connectivity index (χ1n) is 11.3. The molecule has 0 bridgehead atoms. The zero-order chi connectivity index (χ0) is 22.2. The average molecular weight is 451 g/mol. The molecule has 2 amide bonds. The Balaban J connectivity index is 1.37. The van der Waals surface area contributed by atoms with E-state index in [0.29, 0.717) is 29.5 Å². The largest absolute Gasteiger partial charge is 0.347 e. The minimum Gasteiger partial charge on any atom is -0.347 e. The van der Waals surface area contributed by atoms with Crippen molar-refractivity contribution in [3.8, 4) is 0 Å². The molecule has 1 saturated carbocycles. The van der Waals surface area contributed by atoms with Gasteiger partial charge in [-0.25, -0.2) is 4.98 Å². The molecule has 6 nitrogen and oxygen atoms in total. The lowest BCUT2D eigenvalue weighted by Gasteiger charge is -2.33. The fourth-order valence-electron chi connectivity index (χ4n) is 5.39. The van der Waals surface area contributed by atoms with Gasteiger partial charge in [0.2, 0.25) is 5.91 Å². The molecule has 1 aliphatic carbocycles. The fraction of sp³-hybridized carbons (Fsp3) is 0.400. The molecule has 7 heteroatoms. The number of fused-ring (bicyclic) bond motifs is 2. The lowest BCUT2D eigenvalue weighted by Crippen LogP contribution is -2.49. The van der Waals surface area contributed by atoms with Gasteiger partial charge in [0.1, 0.15) is 11.9 Å². The van der Waals surface area contributed by atoms with Crippen LogP contribution in [0.4, 0.5) is 0 Å². The second-order valence-corrected chi connectivity index (χ2v) is 9.32. The second-order valence-electron chi connectivity index (χ2n) is 8.88. The van der Waals surface area contributed by atoms with Gasteiger partial charge >= 0.3 is 0 Å².